The van der Waals surface area contributed by atoms with Crippen molar-refractivity contribution in [1.29, 1.82) is 0 Å². The molecule has 0 aliphatic rings. The van der Waals surface area contributed by atoms with Gasteiger partial charge >= 0.3 is 0 Å². The summed E-state index contributed by atoms with van der Waals surface area (Å²) < 4.78 is 1.68. The van der Waals surface area contributed by atoms with E-state index in [1.807, 2.05) is 6.92 Å². The van der Waals surface area contributed by atoms with Gasteiger partial charge in [0.2, 0.25) is 5.91 Å². The van der Waals surface area contributed by atoms with E-state index in [0.717, 1.165) is 11.4 Å². The van der Waals surface area contributed by atoms with Crippen LogP contribution in [0.3, 0.4) is 0 Å². The first-order valence-electron chi connectivity index (χ1n) is 4.40. The second-order valence-corrected chi connectivity index (χ2v) is 3.39. The first kappa shape index (κ1) is 10.7. The molecule has 5 nitrogen and oxygen atoms in total. The number of aromatic nitrogens is 2. The van der Waals surface area contributed by atoms with E-state index in [1.165, 1.54) is 0 Å². The Bertz CT molecular complexity index is 357. The third-order valence-electron chi connectivity index (χ3n) is 2.29. The van der Waals surface area contributed by atoms with Gasteiger partial charge in [-0.1, -0.05) is 0 Å². The lowest BCUT2D eigenvalue weighted by Gasteiger charge is -2.08. The highest BCUT2D eigenvalue weighted by molar-refractivity contribution is 5.74. The van der Waals surface area contributed by atoms with Crippen molar-refractivity contribution in [3.63, 3.8) is 0 Å². The van der Waals surface area contributed by atoms with Gasteiger partial charge in [-0.25, -0.2) is 0 Å². The maximum absolute atomic E-state index is 10.6. The Morgan fingerprint density at radius 2 is 2.21 bits per heavy atom. The minimum Gasteiger partial charge on any atom is -0.388 e. The quantitative estimate of drug-likeness (QED) is 0.712. The molecule has 0 radical (unpaired) electrons. The molecule has 3 N–H and O–H groups in total. The van der Waals surface area contributed by atoms with Crippen molar-refractivity contribution in [2.45, 2.75) is 26.4 Å². The Labute approximate surface area is 82.5 Å². The molecule has 0 aliphatic carbocycles. The van der Waals surface area contributed by atoms with Crippen LogP contribution in [0.4, 0.5) is 0 Å². The highest BCUT2D eigenvalue weighted by atomic mass is 16.3. The van der Waals surface area contributed by atoms with Crippen LogP contribution in [0.1, 0.15) is 29.5 Å². The normalized spacial score (nSPS) is 12.9. The Morgan fingerprint density at radius 3 is 2.57 bits per heavy atom. The maximum atomic E-state index is 10.6. The fourth-order valence-electron chi connectivity index (χ4n) is 1.56. The number of amides is 1. The summed E-state index contributed by atoms with van der Waals surface area (Å²) in [5.41, 5.74) is 7.30. The third-order valence-corrected chi connectivity index (χ3v) is 2.29. The molecule has 1 heterocycles. The number of aryl methyl sites for hydroxylation is 2. The number of carbonyl (C=O) groups excluding carboxylic acids is 1. The van der Waals surface area contributed by atoms with Crippen LogP contribution < -0.4 is 5.73 Å². The molecule has 1 aromatic heterocycles. The molecule has 0 bridgehead atoms. The van der Waals surface area contributed by atoms with E-state index in [1.54, 1.807) is 18.7 Å². The standard InChI is InChI=1S/C9H15N3O2/c1-5-9(6(2)12(3)11-5)7(13)4-8(10)14/h7,13H,4H2,1-3H3,(H2,10,14). The summed E-state index contributed by atoms with van der Waals surface area (Å²) in [6, 6.07) is 0. The molecule has 0 aromatic carbocycles. The summed E-state index contributed by atoms with van der Waals surface area (Å²) >= 11 is 0. The zero-order chi connectivity index (χ0) is 10.9. The number of hydrogen-bond acceptors (Lipinski definition) is 3. The van der Waals surface area contributed by atoms with E-state index in [0.29, 0.717) is 5.56 Å². The van der Waals surface area contributed by atoms with Crippen molar-refractivity contribution in [2.75, 3.05) is 0 Å². The van der Waals surface area contributed by atoms with Crippen molar-refractivity contribution < 1.29 is 9.90 Å². The lowest BCUT2D eigenvalue weighted by Crippen LogP contribution is -2.15. The molecule has 0 fully saturated rings. The molecule has 1 atom stereocenters. The van der Waals surface area contributed by atoms with Crippen LogP contribution in [0, 0.1) is 13.8 Å². The van der Waals surface area contributed by atoms with E-state index < -0.39 is 12.0 Å². The van der Waals surface area contributed by atoms with Gasteiger partial charge in [-0.3, -0.25) is 9.48 Å². The van der Waals surface area contributed by atoms with E-state index in [4.69, 9.17) is 5.73 Å². The highest BCUT2D eigenvalue weighted by Gasteiger charge is 2.19. The maximum Gasteiger partial charge on any atom is 0.220 e. The third kappa shape index (κ3) is 1.93. The van der Waals surface area contributed by atoms with Crippen LogP contribution >= 0.6 is 0 Å². The molecule has 1 aromatic rings. The van der Waals surface area contributed by atoms with Crippen LogP contribution in [0.25, 0.3) is 0 Å². The second kappa shape index (κ2) is 3.79. The molecule has 0 spiro atoms. The number of aliphatic hydroxyl groups is 1. The molecule has 14 heavy (non-hydrogen) atoms. The molecule has 1 rings (SSSR count). The van der Waals surface area contributed by atoms with Gasteiger partial charge in [-0.2, -0.15) is 5.10 Å². The Balaban J connectivity index is 2.99. The molecular formula is C9H15N3O2. The van der Waals surface area contributed by atoms with E-state index in [-0.39, 0.29) is 6.42 Å². The smallest absolute Gasteiger partial charge is 0.220 e. The molecule has 0 saturated carbocycles. The van der Waals surface area contributed by atoms with Crippen molar-refractivity contribution in [2.24, 2.45) is 12.8 Å². The second-order valence-electron chi connectivity index (χ2n) is 3.39. The summed E-state index contributed by atoms with van der Waals surface area (Å²) in [4.78, 5) is 10.6. The fraction of sp³-hybridized carbons (Fsp3) is 0.556. The van der Waals surface area contributed by atoms with Crippen molar-refractivity contribution >= 4 is 5.91 Å². The molecular weight excluding hydrogens is 182 g/mol. The van der Waals surface area contributed by atoms with Gasteiger partial charge in [-0.15, -0.1) is 0 Å². The largest absolute Gasteiger partial charge is 0.388 e. The Kier molecular flexibility index (Phi) is 2.90. The van der Waals surface area contributed by atoms with Crippen LogP contribution in [0.2, 0.25) is 0 Å². The lowest BCUT2D eigenvalue weighted by atomic mass is 10.0. The van der Waals surface area contributed by atoms with E-state index >= 15 is 0 Å². The van der Waals surface area contributed by atoms with Crippen molar-refractivity contribution in [3.05, 3.63) is 17.0 Å². The number of aliphatic hydroxyl groups excluding tert-OH is 1. The monoisotopic (exact) mass is 197 g/mol. The minimum absolute atomic E-state index is 0.0621. The van der Waals surface area contributed by atoms with Gasteiger partial charge in [0.1, 0.15) is 0 Å². The zero-order valence-corrected chi connectivity index (χ0v) is 8.61. The molecule has 0 saturated heterocycles. The topological polar surface area (TPSA) is 81.1 Å². The minimum atomic E-state index is -0.846. The van der Waals surface area contributed by atoms with Crippen LogP contribution in [-0.2, 0) is 11.8 Å². The van der Waals surface area contributed by atoms with Gasteiger partial charge in [0.05, 0.1) is 18.2 Å². The summed E-state index contributed by atoms with van der Waals surface area (Å²) in [6.45, 7) is 3.64. The average Bonchev–Trinajstić information content (AvgIpc) is 2.25. The van der Waals surface area contributed by atoms with Gasteiger partial charge in [0.15, 0.2) is 0 Å². The predicted octanol–water partition coefficient (Wildman–Crippen LogP) is -0.0543. The first-order chi connectivity index (χ1) is 6.43. The number of carbonyl (C=O) groups is 1. The SMILES string of the molecule is Cc1nn(C)c(C)c1C(O)CC(N)=O. The Morgan fingerprint density at radius 1 is 1.64 bits per heavy atom. The van der Waals surface area contributed by atoms with Crippen molar-refractivity contribution in [1.82, 2.24) is 9.78 Å². The number of hydrogen-bond donors (Lipinski definition) is 2. The molecule has 0 aliphatic heterocycles. The number of nitrogens with zero attached hydrogens (tertiary/aromatic N) is 2. The van der Waals surface area contributed by atoms with Crippen LogP contribution in [0.15, 0.2) is 0 Å². The summed E-state index contributed by atoms with van der Waals surface area (Å²) in [7, 11) is 1.79. The Hall–Kier alpha value is -1.36. The average molecular weight is 197 g/mol. The van der Waals surface area contributed by atoms with Gasteiger partial charge < -0.3 is 10.8 Å². The number of nitrogens with two attached hydrogens (primary N) is 1. The highest BCUT2D eigenvalue weighted by Crippen LogP contribution is 2.23. The fourth-order valence-corrected chi connectivity index (χ4v) is 1.56. The summed E-state index contributed by atoms with van der Waals surface area (Å²) in [6.07, 6.45) is -0.908. The van der Waals surface area contributed by atoms with Crippen LogP contribution in [-0.4, -0.2) is 20.8 Å². The zero-order valence-electron chi connectivity index (χ0n) is 8.61. The van der Waals surface area contributed by atoms with E-state index in [2.05, 4.69) is 5.10 Å². The van der Waals surface area contributed by atoms with Crippen molar-refractivity contribution in [3.8, 4) is 0 Å². The van der Waals surface area contributed by atoms with Gasteiger partial charge in [-0.05, 0) is 13.8 Å². The molecule has 5 heteroatoms. The summed E-state index contributed by atoms with van der Waals surface area (Å²) in [5, 5.41) is 13.9. The molecule has 1 amide bonds. The number of rotatable bonds is 3. The predicted molar refractivity (Wildman–Crippen MR) is 51.5 cm³/mol. The van der Waals surface area contributed by atoms with Gasteiger partial charge in [0, 0.05) is 18.3 Å². The van der Waals surface area contributed by atoms with Crippen LogP contribution in [0.5, 0.6) is 0 Å². The first-order valence-corrected chi connectivity index (χ1v) is 4.40. The molecule has 1 unspecified atom stereocenters. The number of primary amides is 1. The van der Waals surface area contributed by atoms with Gasteiger partial charge in [0.25, 0.3) is 0 Å². The van der Waals surface area contributed by atoms with E-state index in [9.17, 15) is 9.90 Å². The lowest BCUT2D eigenvalue weighted by molar-refractivity contribution is -0.119. The summed E-state index contributed by atoms with van der Waals surface area (Å²) in [5.74, 6) is -0.514. The molecule has 78 valence electrons.